The number of thiophene rings is 1. The number of hydrogen-bond donors (Lipinski definition) is 3. The molecule has 3 aliphatic heterocycles. The second kappa shape index (κ2) is 8.37. The van der Waals surface area contributed by atoms with Crippen molar-refractivity contribution in [3.8, 4) is 5.75 Å². The molecule has 8 nitrogen and oxygen atoms in total. The van der Waals surface area contributed by atoms with E-state index in [2.05, 4.69) is 15.6 Å². The summed E-state index contributed by atoms with van der Waals surface area (Å²) >= 11 is 1.28. The average Bonchev–Trinajstić information content (AvgIpc) is 3.14. The van der Waals surface area contributed by atoms with Crippen LogP contribution in [-0.4, -0.2) is 61.9 Å². The maximum Gasteiger partial charge on any atom is 0.263 e. The molecule has 2 aromatic heterocycles. The molecule has 178 valence electrons. The summed E-state index contributed by atoms with van der Waals surface area (Å²) in [4.78, 5) is 20.7. The molecular formula is C24H26FN5O3S. The Morgan fingerprint density at radius 2 is 2.06 bits per heavy atom. The number of benzene rings is 1. The van der Waals surface area contributed by atoms with Crippen molar-refractivity contribution < 1.29 is 18.7 Å². The molecule has 2 saturated heterocycles. The molecule has 2 fully saturated rings. The number of rotatable bonds is 3. The van der Waals surface area contributed by atoms with Gasteiger partial charge in [0.2, 0.25) is 0 Å². The smallest absolute Gasteiger partial charge is 0.263 e. The van der Waals surface area contributed by atoms with Gasteiger partial charge in [-0.15, -0.1) is 11.3 Å². The highest BCUT2D eigenvalue weighted by Crippen LogP contribution is 2.36. The highest BCUT2D eigenvalue weighted by atomic mass is 32.1. The van der Waals surface area contributed by atoms with Gasteiger partial charge in [0.15, 0.2) is 11.6 Å². The van der Waals surface area contributed by atoms with Crippen molar-refractivity contribution in [2.45, 2.75) is 31.6 Å². The minimum atomic E-state index is -0.342. The zero-order valence-corrected chi connectivity index (χ0v) is 19.6. The molecule has 10 heteroatoms. The summed E-state index contributed by atoms with van der Waals surface area (Å²) in [5, 5.41) is 7.13. The Hall–Kier alpha value is -2.95. The second-order valence-corrected chi connectivity index (χ2v) is 10.2. The summed E-state index contributed by atoms with van der Waals surface area (Å²) < 4.78 is 27.2. The molecule has 34 heavy (non-hydrogen) atoms. The number of fused-ring (bicyclic) bond motifs is 4. The van der Waals surface area contributed by atoms with Crippen LogP contribution in [0.2, 0.25) is 0 Å². The molecule has 0 radical (unpaired) electrons. The number of aryl methyl sites for hydroxylation is 1. The third-order valence-corrected chi connectivity index (χ3v) is 7.76. The van der Waals surface area contributed by atoms with Crippen LogP contribution in [0.3, 0.4) is 0 Å². The highest BCUT2D eigenvalue weighted by molar-refractivity contribution is 7.21. The van der Waals surface area contributed by atoms with Crippen LogP contribution in [-0.2, 0) is 11.2 Å². The number of nitrogens with two attached hydrogens (primary N) is 1. The van der Waals surface area contributed by atoms with E-state index in [4.69, 9.17) is 15.2 Å². The van der Waals surface area contributed by atoms with Crippen LogP contribution in [0.25, 0.3) is 10.2 Å². The number of anilines is 2. The number of nitrogens with zero attached hydrogens (tertiary/aromatic N) is 2. The Balaban J connectivity index is 1.18. The van der Waals surface area contributed by atoms with Crippen molar-refractivity contribution in [3.05, 3.63) is 46.2 Å². The van der Waals surface area contributed by atoms with Gasteiger partial charge in [0, 0.05) is 37.3 Å². The molecule has 3 aromatic rings. The van der Waals surface area contributed by atoms with Crippen LogP contribution in [0.4, 0.5) is 15.8 Å². The van der Waals surface area contributed by atoms with E-state index in [9.17, 15) is 4.79 Å². The SMILES string of the molecule is Cc1ccc2c(N)c(C(=O)N[C@H]3COc4c(ccc(N5CC6CNCC(C5)O6)c4F)C3)sc2n1. The van der Waals surface area contributed by atoms with Gasteiger partial charge in [-0.25, -0.2) is 9.37 Å². The van der Waals surface area contributed by atoms with E-state index in [0.717, 1.165) is 34.6 Å². The number of pyridine rings is 1. The van der Waals surface area contributed by atoms with E-state index in [-0.39, 0.29) is 42.3 Å². The van der Waals surface area contributed by atoms with Crippen LogP contribution in [0.5, 0.6) is 5.75 Å². The number of morpholine rings is 2. The lowest BCUT2D eigenvalue weighted by Crippen LogP contribution is -2.58. The summed E-state index contributed by atoms with van der Waals surface area (Å²) in [5.41, 5.74) is 8.82. The topological polar surface area (TPSA) is 102 Å². The Bertz CT molecular complexity index is 1270. The largest absolute Gasteiger partial charge is 0.488 e. The first kappa shape index (κ1) is 21.6. The fourth-order valence-electron chi connectivity index (χ4n) is 5.01. The van der Waals surface area contributed by atoms with Crippen molar-refractivity contribution in [1.29, 1.82) is 0 Å². The molecule has 0 spiro atoms. The standard InChI is InChI=1S/C24H26FN5O3S/c1-12-2-4-17-20(26)22(34-24(17)28-12)23(31)29-14-6-13-3-5-18(19(25)21(13)32-11-14)30-9-15-7-27-8-16(10-30)33-15/h2-5,14-16,27H,6-11,26H2,1H3,(H,29,31)/t14-,15?,16?/m1/s1. The molecule has 3 aliphatic rings. The molecule has 4 N–H and O–H groups in total. The van der Waals surface area contributed by atoms with Gasteiger partial charge >= 0.3 is 0 Å². The predicted molar refractivity (Wildman–Crippen MR) is 129 cm³/mol. The number of halogens is 1. The molecule has 3 atom stereocenters. The summed E-state index contributed by atoms with van der Waals surface area (Å²) in [6.07, 6.45) is 0.603. The quantitative estimate of drug-likeness (QED) is 0.525. The zero-order chi connectivity index (χ0) is 23.4. The lowest BCUT2D eigenvalue weighted by Gasteiger charge is -2.43. The van der Waals surface area contributed by atoms with Crippen LogP contribution >= 0.6 is 11.3 Å². The van der Waals surface area contributed by atoms with Gasteiger partial charge in [0.1, 0.15) is 16.3 Å². The average molecular weight is 484 g/mol. The summed E-state index contributed by atoms with van der Waals surface area (Å²) in [7, 11) is 0. The molecular weight excluding hydrogens is 457 g/mol. The lowest BCUT2D eigenvalue weighted by atomic mass is 10.0. The molecule has 6 rings (SSSR count). The van der Waals surface area contributed by atoms with Crippen molar-refractivity contribution in [1.82, 2.24) is 15.6 Å². The fraction of sp³-hybridized carbons (Fsp3) is 0.417. The Labute approximate surface area is 200 Å². The summed E-state index contributed by atoms with van der Waals surface area (Å²) in [6.45, 7) is 4.93. The zero-order valence-electron chi connectivity index (χ0n) is 18.8. The van der Waals surface area contributed by atoms with E-state index >= 15 is 4.39 Å². The van der Waals surface area contributed by atoms with E-state index < -0.39 is 0 Å². The first-order valence-corrected chi connectivity index (χ1v) is 12.3. The molecule has 1 amide bonds. The van der Waals surface area contributed by atoms with E-state index in [1.807, 2.05) is 36.1 Å². The van der Waals surface area contributed by atoms with Gasteiger partial charge in [0.05, 0.1) is 29.6 Å². The highest BCUT2D eigenvalue weighted by Gasteiger charge is 2.34. The van der Waals surface area contributed by atoms with Crippen molar-refractivity contribution in [2.24, 2.45) is 0 Å². The number of hydrogen-bond acceptors (Lipinski definition) is 8. The minimum Gasteiger partial charge on any atom is -0.488 e. The number of carbonyl (C=O) groups is 1. The van der Waals surface area contributed by atoms with Gasteiger partial charge in [-0.3, -0.25) is 4.79 Å². The maximum absolute atomic E-state index is 15.4. The molecule has 1 aromatic carbocycles. The Kier molecular flexibility index (Phi) is 5.31. The first-order valence-electron chi connectivity index (χ1n) is 11.5. The van der Waals surface area contributed by atoms with Crippen molar-refractivity contribution in [2.75, 3.05) is 43.4 Å². The number of carbonyl (C=O) groups excluding carboxylic acids is 1. The third-order valence-electron chi connectivity index (χ3n) is 6.65. The van der Waals surface area contributed by atoms with Gasteiger partial charge < -0.3 is 30.7 Å². The predicted octanol–water partition coefficient (Wildman–Crippen LogP) is 2.24. The van der Waals surface area contributed by atoms with Gasteiger partial charge in [-0.1, -0.05) is 6.07 Å². The first-order chi connectivity index (χ1) is 16.5. The lowest BCUT2D eigenvalue weighted by molar-refractivity contribution is -0.0485. The molecule has 0 aliphatic carbocycles. The number of aromatic nitrogens is 1. The van der Waals surface area contributed by atoms with Crippen LogP contribution in [0.15, 0.2) is 24.3 Å². The summed E-state index contributed by atoms with van der Waals surface area (Å²) in [5.74, 6) is -0.329. The number of nitrogen functional groups attached to an aromatic ring is 1. The maximum atomic E-state index is 15.4. The third kappa shape index (κ3) is 3.75. The van der Waals surface area contributed by atoms with Gasteiger partial charge in [0.25, 0.3) is 5.91 Å². The molecule has 2 unspecified atom stereocenters. The Morgan fingerprint density at radius 1 is 1.26 bits per heavy atom. The summed E-state index contributed by atoms with van der Waals surface area (Å²) in [6, 6.07) is 7.20. The molecule has 0 saturated carbocycles. The van der Waals surface area contributed by atoms with Crippen molar-refractivity contribution >= 4 is 38.8 Å². The van der Waals surface area contributed by atoms with Gasteiger partial charge in [-0.2, -0.15) is 0 Å². The number of amides is 1. The molecule has 2 bridgehead atoms. The number of nitrogens with one attached hydrogen (secondary N) is 2. The normalized spacial score (nSPS) is 23.9. The minimum absolute atomic E-state index is 0.0592. The molecule has 5 heterocycles. The van der Waals surface area contributed by atoms with Crippen molar-refractivity contribution in [3.63, 3.8) is 0 Å². The fourth-order valence-corrected chi connectivity index (χ4v) is 6.05. The number of ether oxygens (including phenoxy) is 2. The van der Waals surface area contributed by atoms with E-state index in [1.54, 1.807) is 0 Å². The van der Waals surface area contributed by atoms with Crippen LogP contribution in [0.1, 0.15) is 20.9 Å². The van der Waals surface area contributed by atoms with Gasteiger partial charge in [-0.05, 0) is 37.1 Å². The second-order valence-electron chi connectivity index (χ2n) is 9.17. The van der Waals surface area contributed by atoms with E-state index in [1.165, 1.54) is 11.3 Å². The van der Waals surface area contributed by atoms with E-state index in [0.29, 0.717) is 35.8 Å². The Morgan fingerprint density at radius 3 is 2.85 bits per heavy atom. The van der Waals surface area contributed by atoms with Crippen LogP contribution in [0, 0.1) is 12.7 Å². The monoisotopic (exact) mass is 483 g/mol. The van der Waals surface area contributed by atoms with Crippen LogP contribution < -0.4 is 26.0 Å².